The van der Waals surface area contributed by atoms with Crippen molar-refractivity contribution < 1.29 is 9.47 Å². The van der Waals surface area contributed by atoms with Gasteiger partial charge in [0.15, 0.2) is 22.6 Å². The Balaban J connectivity index is 1.51. The largest absolute Gasteiger partial charge is 0.454 e. The van der Waals surface area contributed by atoms with Crippen LogP contribution in [0.5, 0.6) is 11.5 Å². The fraction of sp³-hybridized carbons (Fsp3) is 0.375. The van der Waals surface area contributed by atoms with Crippen LogP contribution in [0.25, 0.3) is 0 Å². The molecule has 2 N–H and O–H groups in total. The lowest BCUT2D eigenvalue weighted by atomic mass is 10.2. The van der Waals surface area contributed by atoms with Crippen LogP contribution < -0.4 is 25.0 Å². The average molecular weight is 347 g/mol. The highest BCUT2D eigenvalue weighted by atomic mass is 32.1. The van der Waals surface area contributed by atoms with Gasteiger partial charge in [-0.05, 0) is 17.7 Å². The van der Waals surface area contributed by atoms with Crippen molar-refractivity contribution in [3.05, 3.63) is 34.8 Å². The number of guanidine groups is 1. The van der Waals surface area contributed by atoms with Gasteiger partial charge in [-0.3, -0.25) is 4.99 Å². The summed E-state index contributed by atoms with van der Waals surface area (Å²) in [6.45, 7) is 1.57. The number of hydrogen-bond acceptors (Lipinski definition) is 6. The number of anilines is 1. The van der Waals surface area contributed by atoms with E-state index >= 15 is 0 Å². The molecule has 0 saturated heterocycles. The molecule has 128 valence electrons. The molecular formula is C16H21N5O2S. The van der Waals surface area contributed by atoms with Crippen molar-refractivity contribution in [3.8, 4) is 11.5 Å². The minimum absolute atomic E-state index is 0.290. The molecule has 1 aliphatic rings. The van der Waals surface area contributed by atoms with Crippen LogP contribution in [-0.2, 0) is 13.1 Å². The smallest absolute Gasteiger partial charge is 0.231 e. The fourth-order valence-corrected chi connectivity index (χ4v) is 2.97. The minimum Gasteiger partial charge on any atom is -0.454 e. The predicted molar refractivity (Wildman–Crippen MR) is 96.0 cm³/mol. The Labute approximate surface area is 145 Å². The monoisotopic (exact) mass is 347 g/mol. The van der Waals surface area contributed by atoms with Gasteiger partial charge >= 0.3 is 0 Å². The molecule has 0 spiro atoms. The van der Waals surface area contributed by atoms with Crippen molar-refractivity contribution in [3.63, 3.8) is 0 Å². The lowest BCUT2D eigenvalue weighted by molar-refractivity contribution is 0.174. The second kappa shape index (κ2) is 7.39. The first-order valence-electron chi connectivity index (χ1n) is 7.60. The summed E-state index contributed by atoms with van der Waals surface area (Å²) in [4.78, 5) is 10.8. The highest BCUT2D eigenvalue weighted by Gasteiger charge is 2.13. The average Bonchev–Trinajstić information content (AvgIpc) is 3.23. The number of hydrogen-bond donors (Lipinski definition) is 2. The number of ether oxygens (including phenoxy) is 2. The Morgan fingerprint density at radius 3 is 2.79 bits per heavy atom. The summed E-state index contributed by atoms with van der Waals surface area (Å²) in [6, 6.07) is 5.91. The molecule has 0 amide bonds. The van der Waals surface area contributed by atoms with E-state index in [4.69, 9.17) is 9.47 Å². The summed E-state index contributed by atoms with van der Waals surface area (Å²) in [6.07, 6.45) is 0. The van der Waals surface area contributed by atoms with Gasteiger partial charge in [-0.1, -0.05) is 6.07 Å². The number of aliphatic imine (C=N–C) groups is 1. The van der Waals surface area contributed by atoms with E-state index in [-0.39, 0.29) is 6.79 Å². The van der Waals surface area contributed by atoms with E-state index in [0.29, 0.717) is 13.1 Å². The zero-order valence-corrected chi connectivity index (χ0v) is 14.8. The number of rotatable bonds is 5. The number of nitrogens with zero attached hydrogens (tertiary/aromatic N) is 3. The van der Waals surface area contributed by atoms with Gasteiger partial charge in [-0.25, -0.2) is 4.98 Å². The summed E-state index contributed by atoms with van der Waals surface area (Å²) in [5, 5.41) is 9.60. The molecule has 24 heavy (non-hydrogen) atoms. The number of fused-ring (bicyclic) bond motifs is 1. The Kier molecular flexibility index (Phi) is 5.05. The number of thiazole rings is 1. The summed E-state index contributed by atoms with van der Waals surface area (Å²) in [5.41, 5.74) is 2.10. The third kappa shape index (κ3) is 3.88. The van der Waals surface area contributed by atoms with Gasteiger partial charge in [0.1, 0.15) is 0 Å². The van der Waals surface area contributed by atoms with Gasteiger partial charge < -0.3 is 25.0 Å². The third-order valence-corrected chi connectivity index (χ3v) is 4.54. The van der Waals surface area contributed by atoms with Crippen LogP contribution in [0.15, 0.2) is 28.6 Å². The van der Waals surface area contributed by atoms with E-state index in [1.54, 1.807) is 18.4 Å². The van der Waals surface area contributed by atoms with E-state index in [1.807, 2.05) is 42.6 Å². The predicted octanol–water partition coefficient (Wildman–Crippen LogP) is 1.80. The van der Waals surface area contributed by atoms with Crippen molar-refractivity contribution in [1.82, 2.24) is 15.6 Å². The molecule has 3 rings (SSSR count). The van der Waals surface area contributed by atoms with Gasteiger partial charge in [-0.2, -0.15) is 0 Å². The van der Waals surface area contributed by atoms with Gasteiger partial charge in [0.05, 0.1) is 12.2 Å². The van der Waals surface area contributed by atoms with Crippen LogP contribution in [-0.4, -0.2) is 38.9 Å². The molecule has 0 aliphatic carbocycles. The van der Waals surface area contributed by atoms with Crippen molar-refractivity contribution in [2.45, 2.75) is 13.1 Å². The number of aromatic nitrogens is 1. The molecule has 1 aromatic carbocycles. The minimum atomic E-state index is 0.290. The molecule has 8 heteroatoms. The lowest BCUT2D eigenvalue weighted by Crippen LogP contribution is -2.36. The Morgan fingerprint density at radius 2 is 2.04 bits per heavy atom. The van der Waals surface area contributed by atoms with E-state index in [1.165, 1.54) is 0 Å². The standard InChI is InChI=1S/C16H21N5O2S/c1-17-15(19-8-12-9-24-16(20-12)21(2)3)18-7-11-4-5-13-14(6-11)23-10-22-13/h4-6,9H,7-8,10H2,1-3H3,(H2,17,18,19). The number of nitrogens with one attached hydrogen (secondary N) is 2. The van der Waals surface area contributed by atoms with E-state index in [9.17, 15) is 0 Å². The second-order valence-electron chi connectivity index (χ2n) is 5.48. The molecule has 7 nitrogen and oxygen atoms in total. The van der Waals surface area contributed by atoms with Crippen LogP contribution in [0, 0.1) is 0 Å². The van der Waals surface area contributed by atoms with Crippen molar-refractivity contribution in [1.29, 1.82) is 0 Å². The zero-order chi connectivity index (χ0) is 16.9. The van der Waals surface area contributed by atoms with Crippen molar-refractivity contribution >= 4 is 22.4 Å². The maximum Gasteiger partial charge on any atom is 0.231 e. The SMILES string of the molecule is CN=C(NCc1ccc2c(c1)OCO2)NCc1csc(N(C)C)n1. The third-order valence-electron chi connectivity index (χ3n) is 3.48. The summed E-state index contributed by atoms with van der Waals surface area (Å²) < 4.78 is 10.7. The Bertz CT molecular complexity index is 729. The number of benzene rings is 1. The maximum absolute atomic E-state index is 5.39. The van der Waals surface area contributed by atoms with E-state index in [2.05, 4.69) is 20.6 Å². The highest BCUT2D eigenvalue weighted by Crippen LogP contribution is 2.32. The topological polar surface area (TPSA) is 71.0 Å². The fourth-order valence-electron chi connectivity index (χ4n) is 2.21. The second-order valence-corrected chi connectivity index (χ2v) is 6.32. The van der Waals surface area contributed by atoms with Crippen molar-refractivity contribution in [2.75, 3.05) is 32.8 Å². The zero-order valence-electron chi connectivity index (χ0n) is 14.0. The molecule has 0 saturated carbocycles. The first kappa shape index (κ1) is 16.4. The van der Waals surface area contributed by atoms with Crippen LogP contribution in [0.2, 0.25) is 0 Å². The summed E-state index contributed by atoms with van der Waals surface area (Å²) >= 11 is 1.63. The molecule has 1 aromatic heterocycles. The molecule has 0 bridgehead atoms. The first-order valence-corrected chi connectivity index (χ1v) is 8.48. The van der Waals surface area contributed by atoms with Gasteiger partial charge in [0.25, 0.3) is 0 Å². The molecule has 2 heterocycles. The first-order chi connectivity index (χ1) is 11.7. The summed E-state index contributed by atoms with van der Waals surface area (Å²) in [5.74, 6) is 2.31. The Morgan fingerprint density at radius 1 is 1.25 bits per heavy atom. The van der Waals surface area contributed by atoms with Gasteiger partial charge in [-0.15, -0.1) is 11.3 Å². The Hall–Kier alpha value is -2.48. The molecular weight excluding hydrogens is 326 g/mol. The quantitative estimate of drug-likeness (QED) is 0.635. The molecule has 2 aromatic rings. The van der Waals surface area contributed by atoms with Gasteiger partial charge in [0, 0.05) is 33.1 Å². The summed E-state index contributed by atoms with van der Waals surface area (Å²) in [7, 11) is 5.73. The molecule has 0 unspecified atom stereocenters. The van der Waals surface area contributed by atoms with E-state index < -0.39 is 0 Å². The lowest BCUT2D eigenvalue weighted by Gasteiger charge is -2.11. The van der Waals surface area contributed by atoms with Crippen LogP contribution in [0.3, 0.4) is 0 Å². The van der Waals surface area contributed by atoms with Gasteiger partial charge in [0.2, 0.25) is 6.79 Å². The normalized spacial score (nSPS) is 13.0. The van der Waals surface area contributed by atoms with Crippen molar-refractivity contribution in [2.24, 2.45) is 4.99 Å². The van der Waals surface area contributed by atoms with Crippen LogP contribution in [0.4, 0.5) is 5.13 Å². The van der Waals surface area contributed by atoms with Crippen LogP contribution in [0.1, 0.15) is 11.3 Å². The molecule has 1 aliphatic heterocycles. The molecule has 0 radical (unpaired) electrons. The highest BCUT2D eigenvalue weighted by molar-refractivity contribution is 7.13. The molecule has 0 fully saturated rings. The van der Waals surface area contributed by atoms with E-state index in [0.717, 1.165) is 33.8 Å². The maximum atomic E-state index is 5.39. The molecule has 0 atom stereocenters. The van der Waals surface area contributed by atoms with Crippen LogP contribution >= 0.6 is 11.3 Å².